The van der Waals surface area contributed by atoms with Crippen LogP contribution < -0.4 is 10.1 Å². The fourth-order valence-electron chi connectivity index (χ4n) is 3.12. The number of aromatic nitrogens is 4. The van der Waals surface area contributed by atoms with Crippen LogP contribution in [0, 0.1) is 0 Å². The molecule has 29 heavy (non-hydrogen) atoms. The zero-order chi connectivity index (χ0) is 20.2. The normalized spacial score (nSPS) is 11.0. The van der Waals surface area contributed by atoms with Crippen molar-refractivity contribution in [3.05, 3.63) is 72.3 Å². The predicted molar refractivity (Wildman–Crippen MR) is 108 cm³/mol. The highest BCUT2D eigenvalue weighted by molar-refractivity contribution is 5.97. The molecule has 0 radical (unpaired) electrons. The summed E-state index contributed by atoms with van der Waals surface area (Å²) in [6.45, 7) is 0.871. The molecule has 148 valence electrons. The average Bonchev–Trinajstić information content (AvgIpc) is 3.39. The van der Waals surface area contributed by atoms with E-state index in [1.807, 2.05) is 41.1 Å². The molecule has 1 amide bonds. The summed E-state index contributed by atoms with van der Waals surface area (Å²) in [4.78, 5) is 16.8. The molecule has 0 unspecified atom stereocenters. The van der Waals surface area contributed by atoms with E-state index in [2.05, 4.69) is 15.4 Å². The smallest absolute Gasteiger partial charge is 0.251 e. The van der Waals surface area contributed by atoms with E-state index in [0.717, 1.165) is 28.0 Å². The molecule has 2 aromatic carbocycles. The summed E-state index contributed by atoms with van der Waals surface area (Å²) in [5, 5.41) is 16.4. The molecule has 4 rings (SSSR count). The molecular formula is C21H21N5O3. The maximum Gasteiger partial charge on any atom is 0.251 e. The van der Waals surface area contributed by atoms with E-state index >= 15 is 0 Å². The molecule has 0 atom stereocenters. The number of ether oxygens (including phenoxy) is 1. The highest BCUT2D eigenvalue weighted by Crippen LogP contribution is 2.17. The molecule has 4 aromatic rings. The fraction of sp³-hybridized carbons (Fsp3) is 0.190. The Morgan fingerprint density at radius 3 is 2.97 bits per heavy atom. The Hall–Kier alpha value is -3.65. The van der Waals surface area contributed by atoms with E-state index in [1.54, 1.807) is 36.4 Å². The molecule has 2 aromatic heterocycles. The topological polar surface area (TPSA) is 94.2 Å². The van der Waals surface area contributed by atoms with E-state index < -0.39 is 0 Å². The lowest BCUT2D eigenvalue weighted by atomic mass is 10.2. The number of methoxy groups -OCH3 is 1. The van der Waals surface area contributed by atoms with E-state index in [9.17, 15) is 4.79 Å². The van der Waals surface area contributed by atoms with Gasteiger partial charge in [0.1, 0.15) is 5.75 Å². The molecule has 0 spiro atoms. The number of nitrogens with zero attached hydrogens (tertiary/aromatic N) is 4. The molecule has 2 N–H and O–H groups in total. The largest absolute Gasteiger partial charge is 0.497 e. The Kier molecular flexibility index (Phi) is 5.26. The van der Waals surface area contributed by atoms with Crippen molar-refractivity contribution in [3.63, 3.8) is 0 Å². The van der Waals surface area contributed by atoms with Gasteiger partial charge in [-0.3, -0.25) is 4.79 Å². The number of hydrogen-bond donors (Lipinski definition) is 2. The van der Waals surface area contributed by atoms with Gasteiger partial charge in [-0.15, -0.1) is 0 Å². The zero-order valence-corrected chi connectivity index (χ0v) is 15.9. The highest BCUT2D eigenvalue weighted by atomic mass is 16.5. The van der Waals surface area contributed by atoms with Gasteiger partial charge in [0.25, 0.3) is 5.91 Å². The number of carbonyl (C=O) groups excluding carboxylic acids is 1. The van der Waals surface area contributed by atoms with Gasteiger partial charge in [0.2, 0.25) is 0 Å². The molecule has 0 aliphatic heterocycles. The van der Waals surface area contributed by atoms with Gasteiger partial charge in [0, 0.05) is 36.5 Å². The molecule has 8 heteroatoms. The number of fused-ring (bicyclic) bond motifs is 1. The summed E-state index contributed by atoms with van der Waals surface area (Å²) in [6, 6.07) is 12.9. The minimum Gasteiger partial charge on any atom is -0.497 e. The van der Waals surface area contributed by atoms with Crippen molar-refractivity contribution < 1.29 is 14.6 Å². The minimum atomic E-state index is -0.183. The second-order valence-corrected chi connectivity index (χ2v) is 6.54. The Balaban J connectivity index is 1.43. The van der Waals surface area contributed by atoms with Gasteiger partial charge >= 0.3 is 0 Å². The van der Waals surface area contributed by atoms with E-state index in [-0.39, 0.29) is 12.5 Å². The summed E-state index contributed by atoms with van der Waals surface area (Å²) in [7, 11) is 1.62. The first-order chi connectivity index (χ1) is 14.2. The highest BCUT2D eigenvalue weighted by Gasteiger charge is 2.10. The van der Waals surface area contributed by atoms with E-state index in [1.165, 1.54) is 0 Å². The molecule has 0 aliphatic rings. The van der Waals surface area contributed by atoms with Crippen LogP contribution in [0.4, 0.5) is 0 Å². The first-order valence-electron chi connectivity index (χ1n) is 9.20. The average molecular weight is 391 g/mol. The Morgan fingerprint density at radius 2 is 2.14 bits per heavy atom. The van der Waals surface area contributed by atoms with Gasteiger partial charge in [-0.2, -0.15) is 5.10 Å². The Bertz CT molecular complexity index is 1150. The van der Waals surface area contributed by atoms with Gasteiger partial charge in [-0.1, -0.05) is 6.07 Å². The molecule has 0 saturated heterocycles. The van der Waals surface area contributed by atoms with Crippen LogP contribution in [0.3, 0.4) is 0 Å². The molecular weight excluding hydrogens is 370 g/mol. The van der Waals surface area contributed by atoms with Crippen LogP contribution in [-0.2, 0) is 13.1 Å². The maximum absolute atomic E-state index is 12.5. The van der Waals surface area contributed by atoms with Gasteiger partial charge < -0.3 is 19.7 Å². The summed E-state index contributed by atoms with van der Waals surface area (Å²) in [5.74, 6) is 0.572. The first-order valence-corrected chi connectivity index (χ1v) is 9.20. The van der Waals surface area contributed by atoms with Crippen molar-refractivity contribution in [3.8, 4) is 11.4 Å². The predicted octanol–water partition coefficient (Wildman–Crippen LogP) is 2.15. The zero-order valence-electron chi connectivity index (χ0n) is 15.9. The van der Waals surface area contributed by atoms with Gasteiger partial charge in [-0.25, -0.2) is 9.67 Å². The summed E-state index contributed by atoms with van der Waals surface area (Å²) < 4.78 is 8.83. The van der Waals surface area contributed by atoms with Gasteiger partial charge in [-0.05, 0) is 30.3 Å². The van der Waals surface area contributed by atoms with E-state index in [4.69, 9.17) is 9.84 Å². The van der Waals surface area contributed by atoms with Crippen molar-refractivity contribution in [2.75, 3.05) is 13.7 Å². The number of aliphatic hydroxyl groups excluding tert-OH is 1. The molecule has 0 fully saturated rings. The van der Waals surface area contributed by atoms with Crippen molar-refractivity contribution in [2.45, 2.75) is 13.1 Å². The molecule has 0 saturated carbocycles. The maximum atomic E-state index is 12.5. The van der Waals surface area contributed by atoms with Crippen LogP contribution in [0.15, 0.2) is 61.2 Å². The molecule has 2 heterocycles. The lowest BCUT2D eigenvalue weighted by Gasteiger charge is -2.05. The third-order valence-electron chi connectivity index (χ3n) is 4.63. The minimum absolute atomic E-state index is 0.0388. The SMILES string of the molecule is COc1cccc(-n2cc(CNC(=O)c3ccc4c(c3)ncn4CCO)cn2)c1. The fourth-order valence-corrected chi connectivity index (χ4v) is 3.12. The molecule has 0 aliphatic carbocycles. The lowest BCUT2D eigenvalue weighted by Crippen LogP contribution is -2.22. The standard InChI is InChI=1S/C21H21N5O3/c1-29-18-4-2-3-17(10-18)26-13-15(12-24-26)11-22-21(28)16-5-6-20-19(9-16)23-14-25(20)7-8-27/h2-6,9-10,12-14,27H,7-8,11H2,1H3,(H,22,28). The molecule has 8 nitrogen and oxygen atoms in total. The Morgan fingerprint density at radius 1 is 1.24 bits per heavy atom. The van der Waals surface area contributed by atoms with Crippen LogP contribution in [0.25, 0.3) is 16.7 Å². The number of nitrogens with one attached hydrogen (secondary N) is 1. The van der Waals surface area contributed by atoms with Gasteiger partial charge in [0.05, 0.1) is 43.0 Å². The first kappa shape index (κ1) is 18.7. The van der Waals surface area contributed by atoms with Gasteiger partial charge in [0.15, 0.2) is 0 Å². The number of aliphatic hydroxyl groups is 1. The number of imidazole rings is 1. The summed E-state index contributed by atoms with van der Waals surface area (Å²) in [6.07, 6.45) is 5.25. The monoisotopic (exact) mass is 391 g/mol. The van der Waals surface area contributed by atoms with Crippen LogP contribution in [0.2, 0.25) is 0 Å². The van der Waals surface area contributed by atoms with E-state index in [0.29, 0.717) is 18.7 Å². The van der Waals surface area contributed by atoms with Crippen LogP contribution in [0.5, 0.6) is 5.75 Å². The van der Waals surface area contributed by atoms with Crippen molar-refractivity contribution >= 4 is 16.9 Å². The second-order valence-electron chi connectivity index (χ2n) is 6.54. The van der Waals surface area contributed by atoms with Crippen molar-refractivity contribution in [1.29, 1.82) is 0 Å². The van der Waals surface area contributed by atoms with Crippen LogP contribution >= 0.6 is 0 Å². The van der Waals surface area contributed by atoms with Crippen LogP contribution in [-0.4, -0.2) is 44.1 Å². The number of hydrogen-bond acceptors (Lipinski definition) is 5. The third-order valence-corrected chi connectivity index (χ3v) is 4.63. The van der Waals surface area contributed by atoms with Crippen molar-refractivity contribution in [1.82, 2.24) is 24.6 Å². The van der Waals surface area contributed by atoms with Crippen LogP contribution in [0.1, 0.15) is 15.9 Å². The molecule has 0 bridgehead atoms. The quantitative estimate of drug-likeness (QED) is 0.503. The van der Waals surface area contributed by atoms with Crippen molar-refractivity contribution in [2.24, 2.45) is 0 Å². The lowest BCUT2D eigenvalue weighted by molar-refractivity contribution is 0.0951. The number of amides is 1. The number of rotatable bonds is 7. The number of benzene rings is 2. The third kappa shape index (κ3) is 3.97. The summed E-state index contributed by atoms with van der Waals surface area (Å²) >= 11 is 0. The summed E-state index contributed by atoms with van der Waals surface area (Å²) in [5.41, 5.74) is 3.90. The second kappa shape index (κ2) is 8.15. The Labute approximate surface area is 167 Å². The number of carbonyl (C=O) groups is 1.